The number of fused-ring (bicyclic) bond motifs is 1. The average Bonchev–Trinajstić information content (AvgIpc) is 2.74. The molecule has 4 rings (SSSR count). The molecule has 1 amide bonds. The van der Waals surface area contributed by atoms with Crippen molar-refractivity contribution in [3.63, 3.8) is 0 Å². The zero-order valence-electron chi connectivity index (χ0n) is 15.4. The molecule has 1 aromatic heterocycles. The van der Waals surface area contributed by atoms with E-state index in [-0.39, 0.29) is 10.9 Å². The Kier molecular flexibility index (Phi) is 5.85. The van der Waals surface area contributed by atoms with Gasteiger partial charge >= 0.3 is 0 Å². The largest absolute Gasteiger partial charge is 0.380 e. The van der Waals surface area contributed by atoms with Crippen LogP contribution in [0.4, 0.5) is 10.1 Å². The Bertz CT molecular complexity index is 1070. The number of nitrogens with zero attached hydrogens (tertiary/aromatic N) is 2. The number of carbonyl (C=O) groups excluding carboxylic acids is 1. The molecule has 1 saturated heterocycles. The van der Waals surface area contributed by atoms with E-state index in [2.05, 4.69) is 10.3 Å². The van der Waals surface area contributed by atoms with Gasteiger partial charge in [0.15, 0.2) is 0 Å². The molecule has 0 spiro atoms. The van der Waals surface area contributed by atoms with Gasteiger partial charge in [-0.2, -0.15) is 0 Å². The van der Waals surface area contributed by atoms with Crippen molar-refractivity contribution in [1.82, 2.24) is 9.88 Å². The summed E-state index contributed by atoms with van der Waals surface area (Å²) in [6.07, 6.45) is 1.58. The molecule has 2 heterocycles. The lowest BCUT2D eigenvalue weighted by Crippen LogP contribution is -2.41. The molecular formula is C21H18Cl2FN3O2. The number of aromatic nitrogens is 1. The average molecular weight is 434 g/mol. The maximum Gasteiger partial charge on any atom is 0.257 e. The first-order valence-electron chi connectivity index (χ1n) is 9.16. The Balaban J connectivity index is 1.72. The van der Waals surface area contributed by atoms with Gasteiger partial charge in [0.25, 0.3) is 5.91 Å². The highest BCUT2D eigenvalue weighted by Gasteiger charge is 2.23. The second-order valence-electron chi connectivity index (χ2n) is 6.71. The van der Waals surface area contributed by atoms with Crippen LogP contribution in [0.15, 0.2) is 42.6 Å². The number of carbonyl (C=O) groups is 1. The summed E-state index contributed by atoms with van der Waals surface area (Å²) in [5, 5.41) is 4.65. The van der Waals surface area contributed by atoms with Crippen molar-refractivity contribution in [3.05, 3.63) is 69.6 Å². The van der Waals surface area contributed by atoms with E-state index in [0.717, 1.165) is 10.9 Å². The van der Waals surface area contributed by atoms with E-state index >= 15 is 0 Å². The minimum atomic E-state index is -0.472. The fourth-order valence-corrected chi connectivity index (χ4v) is 3.67. The van der Waals surface area contributed by atoms with Crippen molar-refractivity contribution < 1.29 is 13.9 Å². The second-order valence-corrected chi connectivity index (χ2v) is 7.56. The van der Waals surface area contributed by atoms with Crippen LogP contribution >= 0.6 is 23.2 Å². The van der Waals surface area contributed by atoms with E-state index in [0.29, 0.717) is 54.6 Å². The van der Waals surface area contributed by atoms with Crippen LogP contribution in [0.2, 0.25) is 10.0 Å². The van der Waals surface area contributed by atoms with Crippen molar-refractivity contribution in [2.45, 2.75) is 6.54 Å². The van der Waals surface area contributed by atoms with Crippen LogP contribution in [0.1, 0.15) is 15.9 Å². The fourth-order valence-electron chi connectivity index (χ4n) is 3.29. The molecule has 0 aliphatic carbocycles. The quantitative estimate of drug-likeness (QED) is 0.643. The van der Waals surface area contributed by atoms with Crippen LogP contribution in [-0.4, -0.2) is 42.1 Å². The van der Waals surface area contributed by atoms with Crippen LogP contribution in [0.5, 0.6) is 0 Å². The number of amides is 1. The molecule has 29 heavy (non-hydrogen) atoms. The van der Waals surface area contributed by atoms with Gasteiger partial charge in [-0.3, -0.25) is 9.78 Å². The van der Waals surface area contributed by atoms with E-state index in [9.17, 15) is 9.18 Å². The molecular weight excluding hydrogens is 416 g/mol. The first kappa shape index (κ1) is 19.9. The molecule has 0 bridgehead atoms. The van der Waals surface area contributed by atoms with Crippen LogP contribution in [-0.2, 0) is 11.3 Å². The number of morpholine rings is 1. The number of hydrogen-bond donors (Lipinski definition) is 1. The van der Waals surface area contributed by atoms with Gasteiger partial charge in [-0.1, -0.05) is 29.3 Å². The van der Waals surface area contributed by atoms with Gasteiger partial charge in [0.2, 0.25) is 0 Å². The normalized spacial score (nSPS) is 14.2. The maximum atomic E-state index is 13.5. The Labute approximate surface area is 177 Å². The van der Waals surface area contributed by atoms with Crippen molar-refractivity contribution in [2.24, 2.45) is 0 Å². The molecule has 2 aromatic carbocycles. The van der Waals surface area contributed by atoms with Gasteiger partial charge < -0.3 is 15.0 Å². The number of nitrogens with one attached hydrogen (secondary N) is 1. The van der Waals surface area contributed by atoms with Gasteiger partial charge in [0.1, 0.15) is 5.82 Å². The topological polar surface area (TPSA) is 54.5 Å². The molecule has 1 N–H and O–H groups in total. The summed E-state index contributed by atoms with van der Waals surface area (Å²) < 4.78 is 18.8. The van der Waals surface area contributed by atoms with Crippen molar-refractivity contribution in [1.29, 1.82) is 0 Å². The molecule has 3 aromatic rings. The zero-order valence-corrected chi connectivity index (χ0v) is 16.9. The smallest absolute Gasteiger partial charge is 0.257 e. The van der Waals surface area contributed by atoms with Crippen molar-refractivity contribution >= 4 is 45.7 Å². The second kappa shape index (κ2) is 8.53. The molecule has 0 atom stereocenters. The number of anilines is 1. The summed E-state index contributed by atoms with van der Waals surface area (Å²) in [4.78, 5) is 19.3. The Morgan fingerprint density at radius 1 is 1.17 bits per heavy atom. The lowest BCUT2D eigenvalue weighted by molar-refractivity contribution is 0.0303. The predicted octanol–water partition coefficient (Wildman–Crippen LogP) is 4.77. The van der Waals surface area contributed by atoms with Crippen molar-refractivity contribution in [2.75, 3.05) is 31.6 Å². The fraction of sp³-hybridized carbons (Fsp3) is 0.238. The van der Waals surface area contributed by atoms with Crippen LogP contribution in [0, 0.1) is 5.82 Å². The first-order chi connectivity index (χ1) is 14.0. The minimum absolute atomic E-state index is 0.0524. The van der Waals surface area contributed by atoms with Gasteiger partial charge in [-0.05, 0) is 35.9 Å². The number of pyridine rings is 1. The third kappa shape index (κ3) is 4.29. The van der Waals surface area contributed by atoms with E-state index in [1.165, 1.54) is 6.07 Å². The number of rotatable bonds is 4. The molecule has 1 fully saturated rings. The standard InChI is InChI=1S/C21H18Cl2FN3O2/c22-14-2-4-19-15(10-14)20(26-11-13-1-3-18(24)17(23)9-13)16(12-25-19)21(28)27-5-7-29-8-6-27/h1-4,9-10,12H,5-8,11H2,(H,25,26). The van der Waals surface area contributed by atoms with Crippen LogP contribution in [0.25, 0.3) is 10.9 Å². The van der Waals surface area contributed by atoms with E-state index in [4.69, 9.17) is 27.9 Å². The van der Waals surface area contributed by atoms with Gasteiger partial charge in [-0.25, -0.2) is 4.39 Å². The van der Waals surface area contributed by atoms with E-state index in [1.807, 2.05) is 0 Å². The number of hydrogen-bond acceptors (Lipinski definition) is 4. The lowest BCUT2D eigenvalue weighted by Gasteiger charge is -2.28. The SMILES string of the molecule is O=C(c1cnc2ccc(Cl)cc2c1NCc1ccc(F)c(Cl)c1)N1CCOCC1. The zero-order chi connectivity index (χ0) is 20.4. The number of benzene rings is 2. The molecule has 150 valence electrons. The maximum absolute atomic E-state index is 13.5. The number of ether oxygens (including phenoxy) is 1. The molecule has 0 saturated carbocycles. The highest BCUT2D eigenvalue weighted by Crippen LogP contribution is 2.30. The summed E-state index contributed by atoms with van der Waals surface area (Å²) in [6, 6.07) is 9.86. The predicted molar refractivity (Wildman–Crippen MR) is 112 cm³/mol. The Morgan fingerprint density at radius 2 is 1.97 bits per heavy atom. The first-order valence-corrected chi connectivity index (χ1v) is 9.91. The molecule has 0 unspecified atom stereocenters. The summed E-state index contributed by atoms with van der Waals surface area (Å²) in [7, 11) is 0. The van der Waals surface area contributed by atoms with Gasteiger partial charge in [0.05, 0.1) is 35.0 Å². The van der Waals surface area contributed by atoms with Gasteiger partial charge in [-0.15, -0.1) is 0 Å². The van der Waals surface area contributed by atoms with Crippen LogP contribution < -0.4 is 5.32 Å². The lowest BCUT2D eigenvalue weighted by atomic mass is 10.1. The summed E-state index contributed by atoms with van der Waals surface area (Å²) in [5.74, 6) is -0.595. The van der Waals surface area contributed by atoms with E-state index in [1.54, 1.807) is 41.4 Å². The summed E-state index contributed by atoms with van der Waals surface area (Å²) in [5.41, 5.74) is 2.59. The Hall–Kier alpha value is -2.41. The van der Waals surface area contributed by atoms with Crippen LogP contribution in [0.3, 0.4) is 0 Å². The highest BCUT2D eigenvalue weighted by molar-refractivity contribution is 6.31. The third-order valence-corrected chi connectivity index (χ3v) is 5.34. The van der Waals surface area contributed by atoms with E-state index < -0.39 is 5.82 Å². The molecule has 1 aliphatic rings. The number of halogens is 3. The summed E-state index contributed by atoms with van der Waals surface area (Å²) in [6.45, 7) is 2.43. The Morgan fingerprint density at radius 3 is 2.72 bits per heavy atom. The third-order valence-electron chi connectivity index (χ3n) is 4.81. The monoisotopic (exact) mass is 433 g/mol. The molecule has 8 heteroatoms. The molecule has 0 radical (unpaired) electrons. The van der Waals surface area contributed by atoms with Crippen molar-refractivity contribution in [3.8, 4) is 0 Å². The molecule has 1 aliphatic heterocycles. The summed E-state index contributed by atoms with van der Waals surface area (Å²) >= 11 is 12.1. The van der Waals surface area contributed by atoms with Gasteiger partial charge in [0, 0.05) is 36.2 Å². The minimum Gasteiger partial charge on any atom is -0.380 e. The molecule has 5 nitrogen and oxygen atoms in total. The highest BCUT2D eigenvalue weighted by atomic mass is 35.5.